The van der Waals surface area contributed by atoms with Crippen LogP contribution in [0.2, 0.25) is 0 Å². The number of benzene rings is 1. The van der Waals surface area contributed by atoms with Gasteiger partial charge in [0.05, 0.1) is 5.75 Å². The van der Waals surface area contributed by atoms with Gasteiger partial charge in [-0.1, -0.05) is 11.8 Å². The van der Waals surface area contributed by atoms with Gasteiger partial charge in [-0.2, -0.15) is 0 Å². The van der Waals surface area contributed by atoms with Crippen molar-refractivity contribution in [3.05, 3.63) is 35.9 Å². The Bertz CT molecular complexity index is 725. The molecule has 0 saturated heterocycles. The molecule has 9 heteroatoms. The topological polar surface area (TPSA) is 86.3 Å². The number of halogens is 1. The molecule has 2 rings (SSSR count). The maximum Gasteiger partial charge on any atom is 0.233 e. The second-order valence-electron chi connectivity index (χ2n) is 6.29. The minimum absolute atomic E-state index is 0.0205. The minimum atomic E-state index is -0.334. The Balaban J connectivity index is 1.93. The molecule has 0 atom stereocenters. The number of hydrogen-bond donors (Lipinski definition) is 1. The number of nitrogens with two attached hydrogens (primary N) is 1. The monoisotopic (exact) mass is 381 g/mol. The van der Waals surface area contributed by atoms with Gasteiger partial charge in [0.1, 0.15) is 18.2 Å². The summed E-state index contributed by atoms with van der Waals surface area (Å²) in [5, 5.41) is 8.42. The van der Waals surface area contributed by atoms with E-state index in [4.69, 9.17) is 10.6 Å². The Hall–Kier alpha value is -2.29. The normalized spacial score (nSPS) is 11.2. The van der Waals surface area contributed by atoms with E-state index in [0.717, 1.165) is 0 Å². The Morgan fingerprint density at radius 2 is 1.85 bits per heavy atom. The number of amides is 1. The number of rotatable bonds is 8. The van der Waals surface area contributed by atoms with Crippen molar-refractivity contribution in [3.8, 4) is 5.75 Å². The van der Waals surface area contributed by atoms with Gasteiger partial charge in [-0.15, -0.1) is 10.2 Å². The molecule has 7 nitrogen and oxygen atoms in total. The zero-order valence-corrected chi connectivity index (χ0v) is 16.2. The van der Waals surface area contributed by atoms with Crippen molar-refractivity contribution in [2.75, 3.05) is 11.6 Å². The van der Waals surface area contributed by atoms with Crippen molar-refractivity contribution >= 4 is 17.7 Å². The number of aromatic nitrogens is 3. The number of nitrogen functional groups attached to an aromatic ring is 1. The average molecular weight is 381 g/mol. The first-order chi connectivity index (χ1) is 12.3. The molecule has 0 saturated carbocycles. The van der Waals surface area contributed by atoms with Crippen LogP contribution < -0.4 is 10.6 Å². The lowest BCUT2D eigenvalue weighted by Crippen LogP contribution is -2.43. The van der Waals surface area contributed by atoms with Gasteiger partial charge in [0, 0.05) is 12.1 Å². The fraction of sp³-hybridized carbons (Fsp3) is 0.471. The zero-order valence-electron chi connectivity index (χ0n) is 15.3. The maximum absolute atomic E-state index is 12.9. The van der Waals surface area contributed by atoms with Crippen LogP contribution in [-0.2, 0) is 11.4 Å². The second-order valence-corrected chi connectivity index (χ2v) is 7.23. The molecule has 0 unspecified atom stereocenters. The molecule has 0 aliphatic carbocycles. The number of thioether (sulfide) groups is 1. The lowest BCUT2D eigenvalue weighted by Gasteiger charge is -2.30. The summed E-state index contributed by atoms with van der Waals surface area (Å²) in [4.78, 5) is 14.2. The maximum atomic E-state index is 12.9. The fourth-order valence-electron chi connectivity index (χ4n) is 2.56. The standard InChI is InChI=1S/C17H24FN5O2S/c1-11(2)22(12(3)4)16(24)10-26-17-21-20-15(23(17)19)9-25-14-7-5-13(18)6-8-14/h5-8,11-12H,9-10,19H2,1-4H3. The van der Waals surface area contributed by atoms with Gasteiger partial charge in [-0.05, 0) is 52.0 Å². The lowest BCUT2D eigenvalue weighted by molar-refractivity contribution is -0.131. The van der Waals surface area contributed by atoms with E-state index in [1.807, 2.05) is 32.6 Å². The van der Waals surface area contributed by atoms with Crippen molar-refractivity contribution in [2.45, 2.75) is 51.5 Å². The third kappa shape index (κ3) is 5.10. The summed E-state index contributed by atoms with van der Waals surface area (Å²) in [5.41, 5.74) is 0. The molecule has 26 heavy (non-hydrogen) atoms. The third-order valence-corrected chi connectivity index (χ3v) is 4.57. The second kappa shape index (κ2) is 8.88. The molecule has 0 radical (unpaired) electrons. The number of nitrogens with zero attached hydrogens (tertiary/aromatic N) is 4. The summed E-state index contributed by atoms with van der Waals surface area (Å²) < 4.78 is 19.7. The number of ether oxygens (including phenoxy) is 1. The van der Waals surface area contributed by atoms with Crippen LogP contribution >= 0.6 is 11.8 Å². The van der Waals surface area contributed by atoms with E-state index in [-0.39, 0.29) is 36.2 Å². The minimum Gasteiger partial charge on any atom is -0.486 e. The highest BCUT2D eigenvalue weighted by molar-refractivity contribution is 7.99. The van der Waals surface area contributed by atoms with E-state index < -0.39 is 0 Å². The highest BCUT2D eigenvalue weighted by Gasteiger charge is 2.21. The van der Waals surface area contributed by atoms with Gasteiger partial charge in [-0.25, -0.2) is 9.07 Å². The first-order valence-electron chi connectivity index (χ1n) is 8.31. The van der Waals surface area contributed by atoms with Crippen molar-refractivity contribution in [3.63, 3.8) is 0 Å². The van der Waals surface area contributed by atoms with E-state index in [1.165, 1.54) is 40.7 Å². The van der Waals surface area contributed by atoms with Gasteiger partial charge < -0.3 is 15.5 Å². The Morgan fingerprint density at radius 1 is 1.23 bits per heavy atom. The van der Waals surface area contributed by atoms with Gasteiger partial charge >= 0.3 is 0 Å². The molecular weight excluding hydrogens is 357 g/mol. The first-order valence-corrected chi connectivity index (χ1v) is 9.29. The van der Waals surface area contributed by atoms with Gasteiger partial charge in [0.25, 0.3) is 0 Å². The summed E-state index contributed by atoms with van der Waals surface area (Å²) in [6, 6.07) is 5.91. The van der Waals surface area contributed by atoms with Crippen molar-refractivity contribution in [1.82, 2.24) is 19.8 Å². The SMILES string of the molecule is CC(C)N(C(=O)CSc1nnc(COc2ccc(F)cc2)n1N)C(C)C. The van der Waals surface area contributed by atoms with E-state index in [1.54, 1.807) is 0 Å². The molecule has 0 fully saturated rings. The molecule has 0 aliphatic rings. The zero-order chi connectivity index (χ0) is 19.3. The van der Waals surface area contributed by atoms with Crippen LogP contribution in [0.5, 0.6) is 5.75 Å². The number of carbonyl (C=O) groups is 1. The molecule has 2 N–H and O–H groups in total. The van der Waals surface area contributed by atoms with Crippen LogP contribution in [-0.4, -0.2) is 43.5 Å². The molecule has 1 aromatic carbocycles. The van der Waals surface area contributed by atoms with Crippen molar-refractivity contribution in [1.29, 1.82) is 0 Å². The number of hydrogen-bond acceptors (Lipinski definition) is 6. The summed E-state index contributed by atoms with van der Waals surface area (Å²) in [6.45, 7) is 8.03. The van der Waals surface area contributed by atoms with E-state index in [9.17, 15) is 9.18 Å². The Kier molecular flexibility index (Phi) is 6.84. The van der Waals surface area contributed by atoms with Gasteiger partial charge in [0.15, 0.2) is 5.82 Å². The van der Waals surface area contributed by atoms with Crippen molar-refractivity contribution in [2.24, 2.45) is 0 Å². The Labute approximate surface area is 156 Å². The predicted octanol–water partition coefficient (Wildman–Crippen LogP) is 2.45. The van der Waals surface area contributed by atoms with Crippen LogP contribution in [0, 0.1) is 5.82 Å². The summed E-state index contributed by atoms with van der Waals surface area (Å²) in [7, 11) is 0. The summed E-state index contributed by atoms with van der Waals surface area (Å²) in [6.07, 6.45) is 0. The highest BCUT2D eigenvalue weighted by Crippen LogP contribution is 2.18. The van der Waals surface area contributed by atoms with Gasteiger partial charge in [0.2, 0.25) is 11.1 Å². The molecule has 0 bridgehead atoms. The average Bonchev–Trinajstić information content (AvgIpc) is 2.92. The molecular formula is C17H24FN5O2S. The molecule has 1 heterocycles. The summed E-state index contributed by atoms with van der Waals surface area (Å²) in [5.74, 6) is 6.81. The number of carbonyl (C=O) groups excluding carboxylic acids is 1. The van der Waals surface area contributed by atoms with Gasteiger partial charge in [-0.3, -0.25) is 4.79 Å². The molecule has 2 aromatic rings. The predicted molar refractivity (Wildman–Crippen MR) is 98.7 cm³/mol. The highest BCUT2D eigenvalue weighted by atomic mass is 32.2. The van der Waals surface area contributed by atoms with E-state index in [2.05, 4.69) is 10.2 Å². The lowest BCUT2D eigenvalue weighted by atomic mass is 10.2. The van der Waals surface area contributed by atoms with Crippen LogP contribution in [0.4, 0.5) is 4.39 Å². The molecule has 0 spiro atoms. The van der Waals surface area contributed by atoms with E-state index in [0.29, 0.717) is 16.7 Å². The molecule has 0 aliphatic heterocycles. The molecule has 1 amide bonds. The third-order valence-electron chi connectivity index (χ3n) is 3.64. The smallest absolute Gasteiger partial charge is 0.233 e. The largest absolute Gasteiger partial charge is 0.486 e. The van der Waals surface area contributed by atoms with Crippen LogP contribution in [0.15, 0.2) is 29.4 Å². The van der Waals surface area contributed by atoms with E-state index >= 15 is 0 Å². The van der Waals surface area contributed by atoms with Crippen LogP contribution in [0.25, 0.3) is 0 Å². The van der Waals surface area contributed by atoms with Crippen LogP contribution in [0.1, 0.15) is 33.5 Å². The fourth-order valence-corrected chi connectivity index (χ4v) is 3.30. The molecule has 142 valence electrons. The Morgan fingerprint density at radius 3 is 2.42 bits per heavy atom. The first kappa shape index (κ1) is 20.0. The summed E-state index contributed by atoms with van der Waals surface area (Å²) >= 11 is 1.23. The molecule has 1 aromatic heterocycles. The van der Waals surface area contributed by atoms with Crippen LogP contribution in [0.3, 0.4) is 0 Å². The quantitative estimate of drug-likeness (QED) is 0.558. The van der Waals surface area contributed by atoms with Crippen molar-refractivity contribution < 1.29 is 13.9 Å².